The van der Waals surface area contributed by atoms with Gasteiger partial charge in [0.25, 0.3) is 0 Å². The van der Waals surface area contributed by atoms with Crippen LogP contribution >= 0.6 is 0 Å². The minimum absolute atomic E-state index is 0.0198. The van der Waals surface area contributed by atoms with E-state index in [1.54, 1.807) is 78.9 Å². The Morgan fingerprint density at radius 2 is 1.02 bits per heavy atom. The van der Waals surface area contributed by atoms with Gasteiger partial charge in [-0.1, -0.05) is 115 Å². The highest BCUT2D eigenvalue weighted by atomic mass is 16.3. The Labute approximate surface area is 284 Å². The van der Waals surface area contributed by atoms with Crippen LogP contribution in [0.25, 0.3) is 11.1 Å². The molecule has 1 aliphatic rings. The number of phenolic OH excluding ortho intramolecular Hbond substituents is 3. The van der Waals surface area contributed by atoms with Gasteiger partial charge in [0, 0.05) is 16.7 Å². The molecule has 0 spiro atoms. The van der Waals surface area contributed by atoms with Gasteiger partial charge in [0.05, 0.1) is 16.7 Å². The number of ketones is 3. The van der Waals surface area contributed by atoms with E-state index in [1.807, 2.05) is 61.5 Å². The van der Waals surface area contributed by atoms with Gasteiger partial charge in [0.1, 0.15) is 23.5 Å². The molecule has 0 saturated heterocycles. The summed E-state index contributed by atoms with van der Waals surface area (Å²) in [6.07, 6.45) is 0.870. The molecule has 6 aromatic rings. The van der Waals surface area contributed by atoms with Crippen LogP contribution in [-0.4, -0.2) is 39.0 Å². The van der Waals surface area contributed by atoms with Gasteiger partial charge < -0.3 is 15.3 Å². The molecule has 3 N–H and O–H groups in total. The third-order valence-electron chi connectivity index (χ3n) is 7.51. The fraction of sp³-hybridized carbons (Fsp3) is 0.0476. The summed E-state index contributed by atoms with van der Waals surface area (Å²) < 4.78 is 0. The fourth-order valence-corrected chi connectivity index (χ4v) is 4.95. The highest BCUT2D eigenvalue weighted by molar-refractivity contribution is 6.23. The van der Waals surface area contributed by atoms with E-state index in [0.717, 1.165) is 28.5 Å². The predicted octanol–water partition coefficient (Wildman–Crippen LogP) is 8.63. The molecule has 0 aliphatic heterocycles. The van der Waals surface area contributed by atoms with Gasteiger partial charge in [-0.25, -0.2) is 0 Å². The second kappa shape index (κ2) is 16.8. The van der Waals surface area contributed by atoms with E-state index in [4.69, 9.17) is 5.11 Å². The number of hydrogen-bond acceptors (Lipinski definition) is 7. The number of para-hydroxylation sites is 2. The van der Waals surface area contributed by atoms with Gasteiger partial charge in [-0.15, -0.1) is 0 Å². The topological polar surface area (TPSA) is 129 Å². The number of rotatable bonds is 4. The maximum absolute atomic E-state index is 11.9. The molecule has 7 rings (SSSR count). The number of hydrogen-bond donors (Lipinski definition) is 3. The highest BCUT2D eigenvalue weighted by Gasteiger charge is 2.28. The lowest BCUT2D eigenvalue weighted by atomic mass is 10.0. The van der Waals surface area contributed by atoms with Crippen LogP contribution < -0.4 is 0 Å². The first-order chi connectivity index (χ1) is 23.6. The molecule has 0 bridgehead atoms. The Hall–Kier alpha value is -6.60. The van der Waals surface area contributed by atoms with Crippen LogP contribution in [0.5, 0.6) is 17.2 Å². The van der Waals surface area contributed by atoms with Crippen molar-refractivity contribution in [2.45, 2.75) is 13.8 Å². The fourth-order valence-electron chi connectivity index (χ4n) is 4.95. The average Bonchev–Trinajstić information content (AvgIpc) is 3.42. The number of aryl methyl sites for hydroxylation is 1. The van der Waals surface area contributed by atoms with Crippen molar-refractivity contribution in [3.05, 3.63) is 185 Å². The Bertz CT molecular complexity index is 2100. The lowest BCUT2D eigenvalue weighted by Crippen LogP contribution is -2.00. The van der Waals surface area contributed by atoms with Crippen molar-refractivity contribution in [3.63, 3.8) is 0 Å². The Balaban J connectivity index is 0.000000151. The largest absolute Gasteiger partial charge is 0.507 e. The second-order valence-corrected chi connectivity index (χ2v) is 10.8. The van der Waals surface area contributed by atoms with Crippen LogP contribution in [0.1, 0.15) is 65.0 Å². The molecule has 0 unspecified atom stereocenters. The molecule has 244 valence electrons. The van der Waals surface area contributed by atoms with Crippen LogP contribution in [0.15, 0.2) is 146 Å². The minimum Gasteiger partial charge on any atom is -0.507 e. The molecule has 0 heterocycles. The standard InChI is InChI=1S/C13H8O2.C13H10O2.C8H8O2.C8H8O/c14-11-7-3-6-9-8-4-1-2-5-10(8)13(15)12(9)11;14-12-9-5-4-8-11(12)13(15)10-6-2-1-3-7-10;1-6(9)7-4-2-3-5-8(7)10;1-7-4-2-3-5-8(7)6-9/h1-7,14H;1-9,14H;2-5,10H,1H3;2-6H,1H3. The number of Topliss-reactive ketones (excluding diaryl/α,β-unsaturated/α-hetero) is 1. The van der Waals surface area contributed by atoms with Crippen LogP contribution in [0, 0.1) is 6.92 Å². The number of fused-ring (bicyclic) bond motifs is 3. The van der Waals surface area contributed by atoms with Crippen LogP contribution in [0.3, 0.4) is 0 Å². The molecule has 0 saturated carbocycles. The number of phenols is 3. The third-order valence-corrected chi connectivity index (χ3v) is 7.51. The number of aromatic hydroxyl groups is 3. The van der Waals surface area contributed by atoms with Crippen molar-refractivity contribution in [3.8, 4) is 28.4 Å². The Kier molecular flexibility index (Phi) is 12.1. The molecule has 0 atom stereocenters. The van der Waals surface area contributed by atoms with Gasteiger partial charge in [0.2, 0.25) is 0 Å². The van der Waals surface area contributed by atoms with Gasteiger partial charge >= 0.3 is 0 Å². The van der Waals surface area contributed by atoms with Crippen molar-refractivity contribution >= 4 is 23.6 Å². The first-order valence-corrected chi connectivity index (χ1v) is 15.3. The van der Waals surface area contributed by atoms with Gasteiger partial charge in [-0.3, -0.25) is 19.2 Å². The highest BCUT2D eigenvalue weighted by Crippen LogP contribution is 2.40. The summed E-state index contributed by atoms with van der Waals surface area (Å²) in [7, 11) is 0. The SMILES string of the molecule is CC(=O)c1ccccc1O.Cc1ccccc1C=O.O=C(c1ccccc1)c1ccccc1O.O=C1c2ccccc2-c2cccc(O)c21. The van der Waals surface area contributed by atoms with Crippen LogP contribution in [0.2, 0.25) is 0 Å². The molecule has 0 fully saturated rings. The summed E-state index contributed by atoms with van der Waals surface area (Å²) in [5.74, 6) is -0.222. The molecular weight excluding hydrogens is 616 g/mol. The molecule has 7 nitrogen and oxygen atoms in total. The Morgan fingerprint density at radius 1 is 0.531 bits per heavy atom. The summed E-state index contributed by atoms with van der Waals surface area (Å²) >= 11 is 0. The zero-order valence-electron chi connectivity index (χ0n) is 26.9. The smallest absolute Gasteiger partial charge is 0.197 e. The summed E-state index contributed by atoms with van der Waals surface area (Å²) in [6.45, 7) is 3.35. The third kappa shape index (κ3) is 8.81. The normalized spacial score (nSPS) is 10.4. The number of carbonyl (C=O) groups is 4. The first kappa shape index (κ1) is 35.3. The summed E-state index contributed by atoms with van der Waals surface area (Å²) in [4.78, 5) is 44.8. The van der Waals surface area contributed by atoms with E-state index in [-0.39, 0.29) is 34.6 Å². The molecule has 0 amide bonds. The second-order valence-electron chi connectivity index (χ2n) is 10.8. The molecular formula is C42H34O7. The average molecular weight is 651 g/mol. The molecule has 0 aromatic heterocycles. The van der Waals surface area contributed by atoms with Gasteiger partial charge in [-0.2, -0.15) is 0 Å². The van der Waals surface area contributed by atoms with E-state index in [1.165, 1.54) is 19.1 Å². The first-order valence-electron chi connectivity index (χ1n) is 15.3. The lowest BCUT2D eigenvalue weighted by Gasteiger charge is -2.02. The molecule has 49 heavy (non-hydrogen) atoms. The molecule has 7 heteroatoms. The predicted molar refractivity (Wildman–Crippen MR) is 190 cm³/mol. The summed E-state index contributed by atoms with van der Waals surface area (Å²) in [6, 6.07) is 42.0. The van der Waals surface area contributed by atoms with Crippen LogP contribution in [-0.2, 0) is 0 Å². The monoisotopic (exact) mass is 650 g/mol. The molecule has 1 aliphatic carbocycles. The lowest BCUT2D eigenvalue weighted by molar-refractivity contribution is 0.101. The molecule has 0 radical (unpaired) electrons. The maximum Gasteiger partial charge on any atom is 0.197 e. The van der Waals surface area contributed by atoms with Crippen molar-refractivity contribution in [1.82, 2.24) is 0 Å². The zero-order chi connectivity index (χ0) is 35.3. The number of aldehydes is 1. The van der Waals surface area contributed by atoms with Gasteiger partial charge in [0.15, 0.2) is 17.3 Å². The van der Waals surface area contributed by atoms with Gasteiger partial charge in [-0.05, 0) is 60.9 Å². The van der Waals surface area contributed by atoms with E-state index in [9.17, 15) is 29.4 Å². The van der Waals surface area contributed by atoms with Crippen LogP contribution in [0.4, 0.5) is 0 Å². The quantitative estimate of drug-likeness (QED) is 0.128. The Morgan fingerprint density at radius 3 is 1.57 bits per heavy atom. The number of benzene rings is 6. The van der Waals surface area contributed by atoms with E-state index in [0.29, 0.717) is 27.8 Å². The van der Waals surface area contributed by atoms with E-state index < -0.39 is 0 Å². The summed E-state index contributed by atoms with van der Waals surface area (Å²) in [5, 5.41) is 28.2. The van der Waals surface area contributed by atoms with Crippen molar-refractivity contribution in [2.75, 3.05) is 0 Å². The number of carbonyl (C=O) groups excluding carboxylic acids is 4. The van der Waals surface area contributed by atoms with Crippen molar-refractivity contribution in [2.24, 2.45) is 0 Å². The minimum atomic E-state index is -0.159. The maximum atomic E-state index is 11.9. The van der Waals surface area contributed by atoms with Crippen molar-refractivity contribution < 1.29 is 34.5 Å². The zero-order valence-corrected chi connectivity index (χ0v) is 26.9. The van der Waals surface area contributed by atoms with Crippen molar-refractivity contribution in [1.29, 1.82) is 0 Å². The molecule has 6 aromatic carbocycles. The summed E-state index contributed by atoms with van der Waals surface area (Å²) in [5.41, 5.74) is 5.95. The van der Waals surface area contributed by atoms with E-state index >= 15 is 0 Å². The van der Waals surface area contributed by atoms with E-state index in [2.05, 4.69) is 0 Å².